The molecule has 140 valence electrons. The molecule has 1 N–H and O–H groups in total. The summed E-state index contributed by atoms with van der Waals surface area (Å²) >= 11 is 3.22. The van der Waals surface area contributed by atoms with Crippen LogP contribution in [0.4, 0.5) is 9.18 Å². The quantitative estimate of drug-likeness (QED) is 0.740. The molecule has 0 unspecified atom stereocenters. The highest BCUT2D eigenvalue weighted by atomic mass is 79.9. The van der Waals surface area contributed by atoms with Crippen molar-refractivity contribution in [1.29, 1.82) is 0 Å². The van der Waals surface area contributed by atoms with Crippen LogP contribution < -0.4 is 11.0 Å². The molecule has 0 atom stereocenters. The number of nitrogens with one attached hydrogen (secondary N) is 1. The standard InChI is InChI=1S/C16H19BrFN5O3/c1-16(2,3)21-14(24)26-9-11(6-18)8-23-15(25)22(10-20-23)12-4-5-13(17)19-7-12/h4-7,10H,8-9H2,1-3H3,(H,21,24)/b11-6+. The molecule has 2 heterocycles. The van der Waals surface area contributed by atoms with E-state index >= 15 is 0 Å². The van der Waals surface area contributed by atoms with Crippen LogP contribution in [0.25, 0.3) is 5.69 Å². The summed E-state index contributed by atoms with van der Waals surface area (Å²) in [5.41, 5.74) is -0.315. The molecule has 8 nitrogen and oxygen atoms in total. The first-order valence-electron chi connectivity index (χ1n) is 7.69. The number of carbonyl (C=O) groups excluding carboxylic acids is 1. The number of amides is 1. The maximum absolute atomic E-state index is 13.1. The highest BCUT2D eigenvalue weighted by molar-refractivity contribution is 9.10. The van der Waals surface area contributed by atoms with E-state index in [0.717, 1.165) is 4.68 Å². The molecule has 0 aliphatic carbocycles. The van der Waals surface area contributed by atoms with Crippen LogP contribution in [0.15, 0.2) is 46.0 Å². The van der Waals surface area contributed by atoms with Gasteiger partial charge in [-0.2, -0.15) is 5.10 Å². The molecule has 2 aromatic heterocycles. The summed E-state index contributed by atoms with van der Waals surface area (Å²) in [6.45, 7) is 4.95. The molecule has 0 aromatic carbocycles. The van der Waals surface area contributed by atoms with Gasteiger partial charge < -0.3 is 10.1 Å². The van der Waals surface area contributed by atoms with Gasteiger partial charge in [0.2, 0.25) is 0 Å². The number of carbonyl (C=O) groups is 1. The van der Waals surface area contributed by atoms with Crippen LogP contribution in [-0.2, 0) is 11.3 Å². The van der Waals surface area contributed by atoms with E-state index in [1.54, 1.807) is 32.9 Å². The van der Waals surface area contributed by atoms with Crippen LogP contribution in [0.2, 0.25) is 0 Å². The average Bonchev–Trinajstić information content (AvgIpc) is 2.91. The van der Waals surface area contributed by atoms with Crippen molar-refractivity contribution in [2.45, 2.75) is 32.9 Å². The Morgan fingerprint density at radius 3 is 2.73 bits per heavy atom. The second kappa shape index (κ2) is 8.26. The molecule has 0 spiro atoms. The lowest BCUT2D eigenvalue weighted by molar-refractivity contribution is 0.145. The number of ether oxygens (including phenoxy) is 1. The number of pyridine rings is 1. The Bertz CT molecular complexity index is 852. The SMILES string of the molecule is CC(C)(C)NC(=O)OC/C(=C/F)Cn1ncn(-c2ccc(Br)nc2)c1=O. The minimum atomic E-state index is -0.671. The molecule has 0 fully saturated rings. The van der Waals surface area contributed by atoms with Crippen molar-refractivity contribution in [2.24, 2.45) is 0 Å². The van der Waals surface area contributed by atoms with E-state index in [1.807, 2.05) is 0 Å². The van der Waals surface area contributed by atoms with Crippen LogP contribution in [0.3, 0.4) is 0 Å². The Labute approximate surface area is 157 Å². The van der Waals surface area contributed by atoms with Gasteiger partial charge in [-0.1, -0.05) is 0 Å². The zero-order valence-corrected chi connectivity index (χ0v) is 16.2. The molecule has 1 amide bonds. The van der Waals surface area contributed by atoms with E-state index < -0.39 is 17.3 Å². The van der Waals surface area contributed by atoms with Gasteiger partial charge in [-0.25, -0.2) is 28.2 Å². The van der Waals surface area contributed by atoms with Gasteiger partial charge in [0.25, 0.3) is 0 Å². The normalized spacial score (nSPS) is 12.1. The van der Waals surface area contributed by atoms with Gasteiger partial charge in [-0.15, -0.1) is 0 Å². The van der Waals surface area contributed by atoms with Crippen molar-refractivity contribution in [3.8, 4) is 5.69 Å². The van der Waals surface area contributed by atoms with Gasteiger partial charge in [0.15, 0.2) is 0 Å². The summed E-state index contributed by atoms with van der Waals surface area (Å²) in [6.07, 6.45) is 2.45. The number of halogens is 2. The van der Waals surface area contributed by atoms with Gasteiger partial charge in [-0.3, -0.25) is 0 Å². The number of alkyl carbamates (subject to hydrolysis) is 1. The molecular formula is C16H19BrFN5O3. The Morgan fingerprint density at radius 1 is 1.42 bits per heavy atom. The van der Waals surface area contributed by atoms with Crippen LogP contribution in [0.5, 0.6) is 0 Å². The molecule has 0 aliphatic heterocycles. The summed E-state index contributed by atoms with van der Waals surface area (Å²) in [4.78, 5) is 28.1. The highest BCUT2D eigenvalue weighted by Crippen LogP contribution is 2.09. The van der Waals surface area contributed by atoms with Crippen LogP contribution in [0.1, 0.15) is 20.8 Å². The summed E-state index contributed by atoms with van der Waals surface area (Å²) in [7, 11) is 0. The second-order valence-electron chi connectivity index (χ2n) is 6.50. The lowest BCUT2D eigenvalue weighted by Gasteiger charge is -2.20. The highest BCUT2D eigenvalue weighted by Gasteiger charge is 2.16. The third-order valence-electron chi connectivity index (χ3n) is 3.10. The summed E-state index contributed by atoms with van der Waals surface area (Å²) in [6, 6.07) is 3.38. The number of rotatable bonds is 5. The number of nitrogens with zero attached hydrogens (tertiary/aromatic N) is 4. The van der Waals surface area contributed by atoms with Crippen molar-refractivity contribution < 1.29 is 13.9 Å². The monoisotopic (exact) mass is 427 g/mol. The number of hydrogen-bond acceptors (Lipinski definition) is 5. The number of aromatic nitrogens is 4. The Hall–Kier alpha value is -2.49. The van der Waals surface area contributed by atoms with E-state index in [9.17, 15) is 14.0 Å². The molecule has 2 aromatic rings. The van der Waals surface area contributed by atoms with Crippen molar-refractivity contribution in [3.05, 3.63) is 51.6 Å². The van der Waals surface area contributed by atoms with E-state index in [4.69, 9.17) is 4.74 Å². The van der Waals surface area contributed by atoms with Crippen molar-refractivity contribution >= 4 is 22.0 Å². The first-order chi connectivity index (χ1) is 12.2. The predicted molar refractivity (Wildman–Crippen MR) is 96.7 cm³/mol. The molecular weight excluding hydrogens is 409 g/mol. The topological polar surface area (TPSA) is 91.0 Å². The molecule has 0 saturated carbocycles. The summed E-state index contributed by atoms with van der Waals surface area (Å²) in [5, 5.41) is 6.55. The summed E-state index contributed by atoms with van der Waals surface area (Å²) < 4.78 is 21.0. The third kappa shape index (κ3) is 5.51. The molecule has 0 saturated heterocycles. The van der Waals surface area contributed by atoms with E-state index in [1.165, 1.54) is 17.1 Å². The minimum Gasteiger partial charge on any atom is -0.445 e. The minimum absolute atomic E-state index is 0.0929. The lowest BCUT2D eigenvalue weighted by Crippen LogP contribution is -2.41. The maximum atomic E-state index is 13.1. The van der Waals surface area contributed by atoms with E-state index in [-0.39, 0.29) is 18.7 Å². The fourth-order valence-electron chi connectivity index (χ4n) is 1.94. The lowest BCUT2D eigenvalue weighted by atomic mass is 10.1. The maximum Gasteiger partial charge on any atom is 0.407 e. The van der Waals surface area contributed by atoms with Crippen LogP contribution in [0, 0.1) is 0 Å². The van der Waals surface area contributed by atoms with Gasteiger partial charge in [-0.05, 0) is 48.8 Å². The Morgan fingerprint density at radius 2 is 2.15 bits per heavy atom. The predicted octanol–water partition coefficient (Wildman–Crippen LogP) is 2.57. The first kappa shape index (κ1) is 19.8. The van der Waals surface area contributed by atoms with Gasteiger partial charge in [0.1, 0.15) is 17.5 Å². The van der Waals surface area contributed by atoms with Crippen LogP contribution >= 0.6 is 15.9 Å². The van der Waals surface area contributed by atoms with Gasteiger partial charge in [0.05, 0.1) is 24.8 Å². The first-order valence-corrected chi connectivity index (χ1v) is 8.48. The smallest absolute Gasteiger partial charge is 0.407 e. The zero-order chi connectivity index (χ0) is 19.3. The molecule has 0 aliphatic rings. The fourth-order valence-corrected chi connectivity index (χ4v) is 2.17. The molecule has 0 bridgehead atoms. The van der Waals surface area contributed by atoms with Crippen molar-refractivity contribution in [3.63, 3.8) is 0 Å². The molecule has 0 radical (unpaired) electrons. The second-order valence-corrected chi connectivity index (χ2v) is 7.31. The molecule has 2 rings (SSSR count). The number of hydrogen-bond donors (Lipinski definition) is 1. The Balaban J connectivity index is 2.04. The van der Waals surface area contributed by atoms with Gasteiger partial charge in [0, 0.05) is 11.1 Å². The van der Waals surface area contributed by atoms with Crippen molar-refractivity contribution in [2.75, 3.05) is 6.61 Å². The third-order valence-corrected chi connectivity index (χ3v) is 3.57. The Kier molecular flexibility index (Phi) is 6.30. The van der Waals surface area contributed by atoms with Gasteiger partial charge >= 0.3 is 11.8 Å². The van der Waals surface area contributed by atoms with E-state index in [0.29, 0.717) is 16.6 Å². The zero-order valence-electron chi connectivity index (χ0n) is 14.6. The molecule has 26 heavy (non-hydrogen) atoms. The summed E-state index contributed by atoms with van der Waals surface area (Å²) in [5.74, 6) is 0. The fraction of sp³-hybridized carbons (Fsp3) is 0.375. The van der Waals surface area contributed by atoms with E-state index in [2.05, 4.69) is 31.3 Å². The van der Waals surface area contributed by atoms with Crippen LogP contribution in [-0.4, -0.2) is 37.6 Å². The molecule has 10 heteroatoms. The average molecular weight is 428 g/mol. The largest absolute Gasteiger partial charge is 0.445 e. The van der Waals surface area contributed by atoms with Crippen molar-refractivity contribution in [1.82, 2.24) is 24.6 Å².